The fourth-order valence-corrected chi connectivity index (χ4v) is 2.54. The van der Waals surface area contributed by atoms with Crippen molar-refractivity contribution in [3.05, 3.63) is 19.1 Å². The van der Waals surface area contributed by atoms with Gasteiger partial charge in [-0.25, -0.2) is 0 Å². The highest BCUT2D eigenvalue weighted by Gasteiger charge is 1.97. The van der Waals surface area contributed by atoms with E-state index in [1.807, 2.05) is 0 Å². The van der Waals surface area contributed by atoms with Crippen LogP contribution in [0.25, 0.3) is 0 Å². The summed E-state index contributed by atoms with van der Waals surface area (Å²) in [6.45, 7) is 10.4. The molecule has 0 aliphatic rings. The third-order valence-corrected chi connectivity index (χ3v) is 3.91. The molecule has 0 heterocycles. The van der Waals surface area contributed by atoms with Crippen molar-refractivity contribution < 1.29 is 0 Å². The van der Waals surface area contributed by atoms with E-state index in [1.54, 1.807) is 0 Å². The smallest absolute Gasteiger partial charge is 0.0323 e. The van der Waals surface area contributed by atoms with Crippen molar-refractivity contribution >= 4 is 0 Å². The lowest BCUT2D eigenvalue weighted by Gasteiger charge is -2.06. The second-order valence-electron chi connectivity index (χ2n) is 5.99. The van der Waals surface area contributed by atoms with Gasteiger partial charge in [-0.3, -0.25) is 0 Å². The number of allylic oxidation sites excluding steroid dienone is 1. The molecule has 0 aromatic carbocycles. The molecule has 0 atom stereocenters. The van der Waals surface area contributed by atoms with Crippen molar-refractivity contribution in [2.45, 2.75) is 103 Å². The maximum Gasteiger partial charge on any atom is -0.0323 e. The van der Waals surface area contributed by atoms with Gasteiger partial charge in [-0.2, -0.15) is 0 Å². The molecule has 0 heteroatoms. The molecule has 0 nitrogen and oxygen atoms in total. The summed E-state index contributed by atoms with van der Waals surface area (Å²) in [6, 6.07) is 0. The first-order valence-corrected chi connectivity index (χ1v) is 8.77. The molecule has 0 saturated carbocycles. The lowest BCUT2D eigenvalue weighted by Crippen LogP contribution is -1.86. The van der Waals surface area contributed by atoms with Gasteiger partial charge in [0.05, 0.1) is 0 Å². The van der Waals surface area contributed by atoms with Crippen molar-refractivity contribution in [3.8, 4) is 0 Å². The summed E-state index contributed by atoms with van der Waals surface area (Å²) in [5.41, 5.74) is 1.49. The number of hydrogen-bond acceptors (Lipinski definition) is 0. The molecule has 0 aromatic rings. The number of unbranched alkanes of at least 4 members (excludes halogenated alkanes) is 11. The Bertz CT molecular complexity index is 180. The van der Waals surface area contributed by atoms with E-state index in [1.165, 1.54) is 95.5 Å². The normalized spacial score (nSPS) is 10.8. The maximum atomic E-state index is 4.23. The molecular weight excluding hydrogens is 228 g/mol. The Balaban J connectivity index is 3.13. The van der Waals surface area contributed by atoms with Gasteiger partial charge in [0, 0.05) is 0 Å². The van der Waals surface area contributed by atoms with E-state index in [0.29, 0.717) is 0 Å². The van der Waals surface area contributed by atoms with Gasteiger partial charge in [0.15, 0.2) is 0 Å². The summed E-state index contributed by atoms with van der Waals surface area (Å²) in [4.78, 5) is 0. The van der Waals surface area contributed by atoms with E-state index in [9.17, 15) is 0 Å². The Labute approximate surface area is 123 Å². The molecule has 0 aliphatic heterocycles. The van der Waals surface area contributed by atoms with E-state index in [2.05, 4.69) is 20.4 Å². The molecule has 0 aromatic heterocycles. The third kappa shape index (κ3) is 15.7. The van der Waals surface area contributed by atoms with E-state index in [4.69, 9.17) is 0 Å². The van der Waals surface area contributed by atoms with E-state index in [-0.39, 0.29) is 0 Å². The highest BCUT2D eigenvalue weighted by atomic mass is 14.0. The fourth-order valence-electron chi connectivity index (χ4n) is 2.54. The summed E-state index contributed by atoms with van der Waals surface area (Å²) in [6.07, 6.45) is 20.3. The van der Waals surface area contributed by atoms with Gasteiger partial charge in [0.25, 0.3) is 0 Å². The van der Waals surface area contributed by atoms with Crippen molar-refractivity contribution in [1.29, 1.82) is 0 Å². The molecule has 0 saturated heterocycles. The molecule has 0 rings (SSSR count). The van der Waals surface area contributed by atoms with Crippen molar-refractivity contribution in [2.75, 3.05) is 0 Å². The molecule has 19 heavy (non-hydrogen) atoms. The Morgan fingerprint density at radius 2 is 1.05 bits per heavy atom. The van der Waals surface area contributed by atoms with E-state index in [0.717, 1.165) is 6.42 Å². The van der Waals surface area contributed by atoms with Gasteiger partial charge < -0.3 is 0 Å². The van der Waals surface area contributed by atoms with Gasteiger partial charge in [-0.1, -0.05) is 96.6 Å². The Hall–Kier alpha value is -0.260. The third-order valence-electron chi connectivity index (χ3n) is 3.91. The highest BCUT2D eigenvalue weighted by molar-refractivity contribution is 4.93. The van der Waals surface area contributed by atoms with Crippen LogP contribution in [0, 0.1) is 6.92 Å². The van der Waals surface area contributed by atoms with Gasteiger partial charge in [0.1, 0.15) is 0 Å². The monoisotopic (exact) mass is 265 g/mol. The Morgan fingerprint density at radius 3 is 1.53 bits per heavy atom. The van der Waals surface area contributed by atoms with Crippen LogP contribution in [0.3, 0.4) is 0 Å². The summed E-state index contributed by atoms with van der Waals surface area (Å²) in [5, 5.41) is 0. The molecule has 0 amide bonds. The molecule has 0 unspecified atom stereocenters. The number of hydrogen-bond donors (Lipinski definition) is 0. The molecule has 0 aliphatic carbocycles. The van der Waals surface area contributed by atoms with Crippen LogP contribution in [0.5, 0.6) is 0 Å². The van der Waals surface area contributed by atoms with Crippen LogP contribution >= 0.6 is 0 Å². The van der Waals surface area contributed by atoms with E-state index >= 15 is 0 Å². The van der Waals surface area contributed by atoms with Crippen molar-refractivity contribution in [1.82, 2.24) is 0 Å². The van der Waals surface area contributed by atoms with Crippen LogP contribution < -0.4 is 0 Å². The predicted octanol–water partition coefficient (Wildman–Crippen LogP) is 7.25. The van der Waals surface area contributed by atoms with Gasteiger partial charge in [-0.15, -0.1) is 0 Å². The number of rotatable bonds is 15. The maximum absolute atomic E-state index is 4.23. The van der Waals surface area contributed by atoms with E-state index < -0.39 is 0 Å². The second-order valence-corrected chi connectivity index (χ2v) is 5.99. The Morgan fingerprint density at radius 1 is 0.632 bits per heavy atom. The lowest BCUT2D eigenvalue weighted by molar-refractivity contribution is 0.579. The molecule has 0 N–H and O–H groups in total. The largest absolute Gasteiger partial charge is 0.0999 e. The summed E-state index contributed by atoms with van der Waals surface area (Å²) in [5.74, 6) is 0. The Kier molecular flexibility index (Phi) is 15.6. The average Bonchev–Trinajstić information content (AvgIpc) is 2.41. The van der Waals surface area contributed by atoms with Crippen molar-refractivity contribution in [2.24, 2.45) is 0 Å². The first kappa shape index (κ1) is 18.7. The van der Waals surface area contributed by atoms with Crippen LogP contribution in [0.1, 0.15) is 103 Å². The summed E-state index contributed by atoms with van der Waals surface area (Å²) >= 11 is 0. The summed E-state index contributed by atoms with van der Waals surface area (Å²) in [7, 11) is 0. The van der Waals surface area contributed by atoms with Crippen molar-refractivity contribution in [3.63, 3.8) is 0 Å². The topological polar surface area (TPSA) is 0 Å². The zero-order valence-corrected chi connectivity index (χ0v) is 13.5. The molecule has 0 bridgehead atoms. The quantitative estimate of drug-likeness (QED) is 0.216. The minimum Gasteiger partial charge on any atom is -0.0999 e. The van der Waals surface area contributed by atoms with Gasteiger partial charge in [-0.05, 0) is 25.7 Å². The van der Waals surface area contributed by atoms with Gasteiger partial charge in [0.2, 0.25) is 0 Å². The fraction of sp³-hybridized carbons (Fsp3) is 0.842. The first-order valence-electron chi connectivity index (χ1n) is 8.77. The lowest BCUT2D eigenvalue weighted by atomic mass is 10.0. The van der Waals surface area contributed by atoms with Crippen LogP contribution in [0.15, 0.2) is 12.2 Å². The van der Waals surface area contributed by atoms with Crippen LogP contribution in [0.2, 0.25) is 0 Å². The van der Waals surface area contributed by atoms with Crippen LogP contribution in [-0.4, -0.2) is 0 Å². The van der Waals surface area contributed by atoms with Crippen LogP contribution in [-0.2, 0) is 0 Å². The standard InChI is InChI=1S/C19H37/c1-4-6-8-10-12-14-16-18-19(3)17-15-13-11-9-7-5-2/h1,3-18H2,2H3. The zero-order chi connectivity index (χ0) is 14.2. The molecular formula is C19H37. The average molecular weight is 266 g/mol. The molecule has 0 spiro atoms. The minimum absolute atomic E-state index is 1.11. The SMILES string of the molecule is [CH2]CCCCCCCCC(=C)CCCCCCCC. The predicted molar refractivity (Wildman–Crippen MR) is 89.4 cm³/mol. The summed E-state index contributed by atoms with van der Waals surface area (Å²) < 4.78 is 0. The molecule has 113 valence electrons. The minimum atomic E-state index is 1.11. The molecule has 0 fully saturated rings. The van der Waals surface area contributed by atoms with Gasteiger partial charge >= 0.3 is 0 Å². The zero-order valence-electron chi connectivity index (χ0n) is 13.5. The molecule has 1 radical (unpaired) electrons. The van der Waals surface area contributed by atoms with Crippen LogP contribution in [0.4, 0.5) is 0 Å². The first-order chi connectivity index (χ1) is 9.31. The second kappa shape index (κ2) is 15.8. The highest BCUT2D eigenvalue weighted by Crippen LogP contribution is 2.16.